The van der Waals surface area contributed by atoms with Crippen molar-refractivity contribution >= 4 is 0 Å². The van der Waals surface area contributed by atoms with Crippen molar-refractivity contribution in [2.24, 2.45) is 0 Å². The fourth-order valence-corrected chi connectivity index (χ4v) is 6.21. The first-order chi connectivity index (χ1) is 20.9. The molecule has 0 aliphatic carbocycles. The second-order valence-electron chi connectivity index (χ2n) is 10.8. The van der Waals surface area contributed by atoms with Crippen molar-refractivity contribution in [2.75, 3.05) is 0 Å². The largest absolute Gasteiger partial charge is 0.505 e. The van der Waals surface area contributed by atoms with Crippen LogP contribution >= 0.6 is 0 Å². The Labute approximate surface area is 250 Å². The molecule has 0 heterocycles. The number of hydrogen-bond acceptors (Lipinski definition) is 2. The minimum absolute atomic E-state index is 0.179. The van der Waals surface area contributed by atoms with Gasteiger partial charge in [-0.25, -0.2) is 8.78 Å². The van der Waals surface area contributed by atoms with Crippen LogP contribution in [0.4, 0.5) is 8.78 Å². The Morgan fingerprint density at radius 2 is 0.767 bits per heavy atom. The van der Waals surface area contributed by atoms with Gasteiger partial charge in [0.25, 0.3) is 0 Å². The topological polar surface area (TPSA) is 40.5 Å². The Balaban J connectivity index is 1.71. The molecule has 6 aromatic rings. The first kappa shape index (κ1) is 27.9. The molecular weight excluding hydrogens is 538 g/mol. The van der Waals surface area contributed by atoms with Crippen molar-refractivity contribution in [3.8, 4) is 33.8 Å². The average Bonchev–Trinajstić information content (AvgIpc) is 3.03. The Bertz CT molecular complexity index is 1790. The predicted octanol–water partition coefficient (Wildman–Crippen LogP) is 9.71. The highest BCUT2D eigenvalue weighted by molar-refractivity contribution is 5.76. The fourth-order valence-electron chi connectivity index (χ4n) is 6.21. The number of phenolic OH excluding ortho intramolecular Hbond substituents is 2. The predicted molar refractivity (Wildman–Crippen MR) is 168 cm³/mol. The minimum atomic E-state index is -1.48. The summed E-state index contributed by atoms with van der Waals surface area (Å²) in [5.41, 5.74) is 3.65. The maximum absolute atomic E-state index is 16.3. The van der Waals surface area contributed by atoms with Crippen LogP contribution in [0.1, 0.15) is 33.4 Å². The number of aromatic hydroxyl groups is 2. The highest BCUT2D eigenvalue weighted by Gasteiger charge is 2.44. The standard InChI is InChI=1S/C39H30F2O2/c1-25-13-9-11-19-29(25)31-21-23-33(37(42)35(31)40)39(27-15-5-3-6-16-27,28-17-7-4-8-18-28)34-24-22-32(36(41)38(34)43)30-20-12-10-14-26(30)2/h3-24,42-43H,1-2H3. The van der Waals surface area contributed by atoms with Gasteiger partial charge in [-0.1, -0.05) is 133 Å². The second-order valence-corrected chi connectivity index (χ2v) is 10.8. The van der Waals surface area contributed by atoms with Crippen LogP contribution in [0.5, 0.6) is 11.5 Å². The van der Waals surface area contributed by atoms with E-state index >= 15 is 8.78 Å². The lowest BCUT2D eigenvalue weighted by Gasteiger charge is -2.38. The molecule has 0 aliphatic rings. The van der Waals surface area contributed by atoms with Crippen LogP contribution in [0.15, 0.2) is 133 Å². The van der Waals surface area contributed by atoms with Crippen molar-refractivity contribution in [2.45, 2.75) is 19.3 Å². The van der Waals surface area contributed by atoms with Crippen LogP contribution in [0.3, 0.4) is 0 Å². The highest BCUT2D eigenvalue weighted by atomic mass is 19.1. The lowest BCUT2D eigenvalue weighted by Crippen LogP contribution is -2.31. The van der Waals surface area contributed by atoms with Gasteiger partial charge in [-0.3, -0.25) is 0 Å². The normalized spacial score (nSPS) is 11.4. The molecule has 2 N–H and O–H groups in total. The molecule has 0 fully saturated rings. The summed E-state index contributed by atoms with van der Waals surface area (Å²) < 4.78 is 32.7. The summed E-state index contributed by atoms with van der Waals surface area (Å²) >= 11 is 0. The summed E-state index contributed by atoms with van der Waals surface area (Å²) in [6.45, 7) is 3.77. The number of phenols is 2. The molecule has 2 nitrogen and oxygen atoms in total. The van der Waals surface area contributed by atoms with Crippen LogP contribution in [-0.2, 0) is 5.41 Å². The third kappa shape index (κ3) is 4.56. The van der Waals surface area contributed by atoms with Gasteiger partial charge in [-0.05, 0) is 47.2 Å². The Morgan fingerprint density at radius 3 is 1.14 bits per heavy atom. The third-order valence-electron chi connectivity index (χ3n) is 8.32. The molecule has 0 amide bonds. The Kier molecular flexibility index (Phi) is 7.29. The number of halogens is 2. The molecule has 0 aromatic heterocycles. The third-order valence-corrected chi connectivity index (χ3v) is 8.32. The van der Waals surface area contributed by atoms with Crippen LogP contribution in [0.25, 0.3) is 22.3 Å². The maximum atomic E-state index is 16.3. The summed E-state index contributed by atoms with van der Waals surface area (Å²) in [5, 5.41) is 23.5. The molecule has 0 saturated heterocycles. The first-order valence-corrected chi connectivity index (χ1v) is 14.1. The first-order valence-electron chi connectivity index (χ1n) is 14.1. The molecule has 43 heavy (non-hydrogen) atoms. The summed E-state index contributed by atoms with van der Waals surface area (Å²) in [5.74, 6) is -2.73. The molecule has 0 bridgehead atoms. The maximum Gasteiger partial charge on any atom is 0.172 e. The van der Waals surface area contributed by atoms with Gasteiger partial charge < -0.3 is 10.2 Å². The van der Waals surface area contributed by atoms with E-state index in [2.05, 4.69) is 0 Å². The van der Waals surface area contributed by atoms with Gasteiger partial charge in [0, 0.05) is 22.3 Å². The molecule has 4 heteroatoms. The van der Waals surface area contributed by atoms with E-state index in [1.165, 1.54) is 0 Å². The van der Waals surface area contributed by atoms with Gasteiger partial charge in [0.1, 0.15) is 0 Å². The van der Waals surface area contributed by atoms with E-state index in [0.717, 1.165) is 11.1 Å². The lowest BCUT2D eigenvalue weighted by molar-refractivity contribution is 0.408. The van der Waals surface area contributed by atoms with Crippen LogP contribution < -0.4 is 0 Å². The number of aryl methyl sites for hydroxylation is 2. The van der Waals surface area contributed by atoms with Gasteiger partial charge in [0.2, 0.25) is 0 Å². The van der Waals surface area contributed by atoms with Gasteiger partial charge >= 0.3 is 0 Å². The lowest BCUT2D eigenvalue weighted by atomic mass is 9.64. The Hall–Kier alpha value is -5.22. The van der Waals surface area contributed by atoms with Crippen LogP contribution in [0, 0.1) is 25.5 Å². The van der Waals surface area contributed by atoms with Crippen molar-refractivity contribution in [3.05, 3.63) is 178 Å². The second kappa shape index (κ2) is 11.2. The Morgan fingerprint density at radius 1 is 0.419 bits per heavy atom. The van der Waals surface area contributed by atoms with E-state index in [1.807, 2.05) is 111 Å². The van der Waals surface area contributed by atoms with E-state index in [-0.39, 0.29) is 22.3 Å². The van der Waals surface area contributed by atoms with Crippen molar-refractivity contribution in [1.82, 2.24) is 0 Å². The number of benzene rings is 6. The number of rotatable bonds is 6. The molecule has 0 spiro atoms. The average molecular weight is 569 g/mol. The molecule has 6 aromatic carbocycles. The minimum Gasteiger partial charge on any atom is -0.505 e. The van der Waals surface area contributed by atoms with E-state index in [9.17, 15) is 10.2 Å². The van der Waals surface area contributed by atoms with Gasteiger partial charge in [0.15, 0.2) is 23.1 Å². The molecule has 0 atom stereocenters. The van der Waals surface area contributed by atoms with Crippen molar-refractivity contribution < 1.29 is 19.0 Å². The van der Waals surface area contributed by atoms with Crippen molar-refractivity contribution in [1.29, 1.82) is 0 Å². The summed E-state index contributed by atoms with van der Waals surface area (Å²) in [4.78, 5) is 0. The van der Waals surface area contributed by atoms with Gasteiger partial charge in [-0.2, -0.15) is 0 Å². The van der Waals surface area contributed by atoms with E-state index in [4.69, 9.17) is 0 Å². The summed E-state index contributed by atoms with van der Waals surface area (Å²) in [7, 11) is 0. The molecule has 6 rings (SSSR count). The van der Waals surface area contributed by atoms with E-state index < -0.39 is 28.5 Å². The smallest absolute Gasteiger partial charge is 0.172 e. The van der Waals surface area contributed by atoms with Crippen LogP contribution in [0.2, 0.25) is 0 Å². The molecule has 212 valence electrons. The molecule has 0 saturated carbocycles. The highest BCUT2D eigenvalue weighted by Crippen LogP contribution is 2.53. The summed E-state index contributed by atoms with van der Waals surface area (Å²) in [6.07, 6.45) is 0. The zero-order valence-corrected chi connectivity index (χ0v) is 23.9. The molecular formula is C39H30F2O2. The molecule has 0 unspecified atom stereocenters. The van der Waals surface area contributed by atoms with Crippen LogP contribution in [-0.4, -0.2) is 10.2 Å². The van der Waals surface area contributed by atoms with Gasteiger partial charge in [-0.15, -0.1) is 0 Å². The van der Waals surface area contributed by atoms with E-state index in [1.54, 1.807) is 36.4 Å². The quantitative estimate of drug-likeness (QED) is 0.196. The molecule has 0 aliphatic heterocycles. The monoisotopic (exact) mass is 568 g/mol. The molecule has 0 radical (unpaired) electrons. The van der Waals surface area contributed by atoms with Gasteiger partial charge in [0.05, 0.1) is 5.41 Å². The SMILES string of the molecule is Cc1ccccc1-c1ccc(C(c2ccccc2)(c2ccccc2)c2ccc(-c3ccccc3C)c(F)c2O)c(O)c1F. The zero-order valence-electron chi connectivity index (χ0n) is 23.9. The van der Waals surface area contributed by atoms with Crippen molar-refractivity contribution in [3.63, 3.8) is 0 Å². The number of hydrogen-bond donors (Lipinski definition) is 2. The fraction of sp³-hybridized carbons (Fsp3) is 0.0769. The summed E-state index contributed by atoms with van der Waals surface area (Å²) in [6, 6.07) is 39.8. The zero-order chi connectivity index (χ0) is 30.1. The van der Waals surface area contributed by atoms with E-state index in [0.29, 0.717) is 22.3 Å².